The Kier molecular flexibility index (Phi) is 5.50. The van der Waals surface area contributed by atoms with Crippen molar-refractivity contribution in [3.8, 4) is 22.4 Å². The van der Waals surface area contributed by atoms with Crippen molar-refractivity contribution in [2.75, 3.05) is 5.32 Å². The molecule has 32 heavy (non-hydrogen) atoms. The molecule has 3 aromatic carbocycles. The lowest BCUT2D eigenvalue weighted by molar-refractivity contribution is 0.155. The van der Waals surface area contributed by atoms with Gasteiger partial charge in [-0.15, -0.1) is 11.3 Å². The van der Waals surface area contributed by atoms with E-state index in [0.717, 1.165) is 22.4 Å². The van der Waals surface area contributed by atoms with Crippen molar-refractivity contribution in [3.05, 3.63) is 95.5 Å². The highest BCUT2D eigenvalue weighted by Gasteiger charge is 2.38. The highest BCUT2D eigenvalue weighted by molar-refractivity contribution is 7.14. The molecule has 0 saturated heterocycles. The number of nitrogens with one attached hydrogen (secondary N) is 1. The minimum absolute atomic E-state index is 0.230. The first-order chi connectivity index (χ1) is 15.6. The molecule has 4 nitrogen and oxygen atoms in total. The van der Waals surface area contributed by atoms with Crippen LogP contribution in [0.3, 0.4) is 0 Å². The van der Waals surface area contributed by atoms with E-state index in [1.54, 1.807) is 5.51 Å². The smallest absolute Gasteiger partial charge is 0.412 e. The van der Waals surface area contributed by atoms with E-state index in [1.807, 2.05) is 42.5 Å². The third-order valence-corrected chi connectivity index (χ3v) is 6.81. The molecule has 5 rings (SSSR count). The lowest BCUT2D eigenvalue weighted by atomic mass is 9.95. The maximum atomic E-state index is 12.3. The standard InChI is InChI=1S/C27H24N2O2S/c1-27(15-16-27)23-13-11-21(12-14-23)20-7-9-22(10-8-20)24-25(32-18-28-24)29-26(30)31-17-19-5-3-2-4-6-19/h2-14,18H,15-17H2,1H3,(H,29,30). The Morgan fingerprint density at radius 1 is 0.938 bits per heavy atom. The zero-order chi connectivity index (χ0) is 22.0. The molecule has 1 fully saturated rings. The van der Waals surface area contributed by atoms with Gasteiger partial charge in [0.05, 0.1) is 5.51 Å². The second-order valence-corrected chi connectivity index (χ2v) is 9.29. The highest BCUT2D eigenvalue weighted by atomic mass is 32.1. The lowest BCUT2D eigenvalue weighted by Crippen LogP contribution is -2.13. The largest absolute Gasteiger partial charge is 0.444 e. The molecule has 0 aliphatic heterocycles. The summed E-state index contributed by atoms with van der Waals surface area (Å²) in [5.41, 5.74) is 8.55. The molecule has 0 bridgehead atoms. The second kappa shape index (κ2) is 8.60. The van der Waals surface area contributed by atoms with Crippen LogP contribution in [0.2, 0.25) is 0 Å². The quantitative estimate of drug-likeness (QED) is 0.343. The Hall–Kier alpha value is -3.44. The van der Waals surface area contributed by atoms with Gasteiger partial charge in [-0.25, -0.2) is 9.78 Å². The van der Waals surface area contributed by atoms with Gasteiger partial charge in [0.15, 0.2) is 0 Å². The van der Waals surface area contributed by atoms with Gasteiger partial charge < -0.3 is 4.74 Å². The third kappa shape index (κ3) is 4.43. The van der Waals surface area contributed by atoms with Crippen LogP contribution in [0.1, 0.15) is 30.9 Å². The molecule has 1 amide bonds. The predicted molar refractivity (Wildman–Crippen MR) is 130 cm³/mol. The molecule has 1 aromatic heterocycles. The number of ether oxygens (including phenoxy) is 1. The van der Waals surface area contributed by atoms with E-state index in [4.69, 9.17) is 4.74 Å². The number of hydrogen-bond donors (Lipinski definition) is 1. The first-order valence-electron chi connectivity index (χ1n) is 10.7. The van der Waals surface area contributed by atoms with Gasteiger partial charge in [-0.1, -0.05) is 85.8 Å². The molecular weight excluding hydrogens is 416 g/mol. The Morgan fingerprint density at radius 2 is 1.56 bits per heavy atom. The normalized spacial score (nSPS) is 14.0. The summed E-state index contributed by atoms with van der Waals surface area (Å²) in [6.07, 6.45) is 2.08. The number of hydrogen-bond acceptors (Lipinski definition) is 4. The Bertz CT molecular complexity index is 1210. The Morgan fingerprint density at radius 3 is 2.22 bits per heavy atom. The van der Waals surface area contributed by atoms with Gasteiger partial charge in [0.25, 0.3) is 0 Å². The van der Waals surface area contributed by atoms with Crippen LogP contribution in [-0.2, 0) is 16.8 Å². The Balaban J connectivity index is 1.26. The van der Waals surface area contributed by atoms with E-state index in [0.29, 0.717) is 10.4 Å². The second-order valence-electron chi connectivity index (χ2n) is 8.43. The van der Waals surface area contributed by atoms with Crippen LogP contribution in [0.4, 0.5) is 9.80 Å². The highest BCUT2D eigenvalue weighted by Crippen LogP contribution is 2.47. The molecule has 0 radical (unpaired) electrons. The summed E-state index contributed by atoms with van der Waals surface area (Å²) in [7, 11) is 0. The number of carbonyl (C=O) groups is 1. The van der Waals surface area contributed by atoms with Crippen LogP contribution in [0.25, 0.3) is 22.4 Å². The number of rotatable bonds is 6. The summed E-state index contributed by atoms with van der Waals surface area (Å²) in [5.74, 6) is 0. The summed E-state index contributed by atoms with van der Waals surface area (Å²) in [4.78, 5) is 16.7. The van der Waals surface area contributed by atoms with Crippen molar-refractivity contribution >= 4 is 22.4 Å². The SMILES string of the molecule is CC1(c2ccc(-c3ccc(-c4ncsc4NC(=O)OCc4ccccc4)cc3)cc2)CC1. The topological polar surface area (TPSA) is 51.2 Å². The third-order valence-electron chi connectivity index (χ3n) is 6.07. The predicted octanol–water partition coefficient (Wildman–Crippen LogP) is 7.28. The Labute approximate surface area is 191 Å². The van der Waals surface area contributed by atoms with Gasteiger partial charge in [-0.05, 0) is 40.5 Å². The molecule has 160 valence electrons. The van der Waals surface area contributed by atoms with Gasteiger partial charge in [0, 0.05) is 5.56 Å². The van der Waals surface area contributed by atoms with Crippen LogP contribution >= 0.6 is 11.3 Å². The van der Waals surface area contributed by atoms with Gasteiger partial charge >= 0.3 is 6.09 Å². The van der Waals surface area contributed by atoms with Gasteiger partial charge in [0.1, 0.15) is 17.3 Å². The van der Waals surface area contributed by atoms with Crippen molar-refractivity contribution in [1.82, 2.24) is 4.98 Å². The summed E-state index contributed by atoms with van der Waals surface area (Å²) >= 11 is 1.38. The van der Waals surface area contributed by atoms with E-state index in [1.165, 1.54) is 35.3 Å². The summed E-state index contributed by atoms with van der Waals surface area (Å²) in [6.45, 7) is 2.56. The molecule has 4 aromatic rings. The molecule has 0 atom stereocenters. The van der Waals surface area contributed by atoms with E-state index in [2.05, 4.69) is 53.6 Å². The van der Waals surface area contributed by atoms with Crippen molar-refractivity contribution < 1.29 is 9.53 Å². The molecule has 0 unspecified atom stereocenters. The van der Waals surface area contributed by atoms with Crippen LogP contribution in [0, 0.1) is 0 Å². The summed E-state index contributed by atoms with van der Waals surface area (Å²) < 4.78 is 5.34. The summed E-state index contributed by atoms with van der Waals surface area (Å²) in [5, 5.41) is 3.51. The fraction of sp³-hybridized carbons (Fsp3) is 0.185. The van der Waals surface area contributed by atoms with Crippen LogP contribution < -0.4 is 5.32 Å². The van der Waals surface area contributed by atoms with Crippen molar-refractivity contribution in [1.29, 1.82) is 0 Å². The number of thiazole rings is 1. The molecule has 5 heteroatoms. The van der Waals surface area contributed by atoms with Crippen molar-refractivity contribution in [2.24, 2.45) is 0 Å². The van der Waals surface area contributed by atoms with E-state index in [-0.39, 0.29) is 6.61 Å². The van der Waals surface area contributed by atoms with E-state index < -0.39 is 6.09 Å². The fourth-order valence-electron chi connectivity index (χ4n) is 3.75. The maximum absolute atomic E-state index is 12.3. The number of carbonyl (C=O) groups excluding carboxylic acids is 1. The maximum Gasteiger partial charge on any atom is 0.412 e. The minimum Gasteiger partial charge on any atom is -0.444 e. The van der Waals surface area contributed by atoms with E-state index in [9.17, 15) is 4.79 Å². The molecule has 1 N–H and O–H groups in total. The number of amides is 1. The van der Waals surface area contributed by atoms with Crippen LogP contribution in [0.5, 0.6) is 0 Å². The summed E-state index contributed by atoms with van der Waals surface area (Å²) in [6, 6.07) is 26.8. The number of aromatic nitrogens is 1. The molecule has 0 spiro atoms. The number of anilines is 1. The lowest BCUT2D eigenvalue weighted by Gasteiger charge is -2.10. The average Bonchev–Trinajstić information content (AvgIpc) is 3.43. The number of benzene rings is 3. The van der Waals surface area contributed by atoms with Gasteiger partial charge in [-0.3, -0.25) is 5.32 Å². The molecule has 1 saturated carbocycles. The van der Waals surface area contributed by atoms with E-state index >= 15 is 0 Å². The van der Waals surface area contributed by atoms with Gasteiger partial charge in [0.2, 0.25) is 0 Å². The molecule has 1 aliphatic carbocycles. The van der Waals surface area contributed by atoms with Crippen LogP contribution in [0.15, 0.2) is 84.4 Å². The first kappa shape index (κ1) is 20.5. The zero-order valence-corrected chi connectivity index (χ0v) is 18.7. The number of nitrogens with zero attached hydrogens (tertiary/aromatic N) is 1. The van der Waals surface area contributed by atoms with Crippen LogP contribution in [-0.4, -0.2) is 11.1 Å². The fourth-order valence-corrected chi connectivity index (χ4v) is 4.44. The first-order valence-corrected chi connectivity index (χ1v) is 11.6. The zero-order valence-electron chi connectivity index (χ0n) is 17.9. The average molecular weight is 441 g/mol. The molecular formula is C27H24N2O2S. The van der Waals surface area contributed by atoms with Crippen molar-refractivity contribution in [2.45, 2.75) is 31.8 Å². The monoisotopic (exact) mass is 440 g/mol. The van der Waals surface area contributed by atoms with Crippen molar-refractivity contribution in [3.63, 3.8) is 0 Å². The molecule has 1 heterocycles. The van der Waals surface area contributed by atoms with Gasteiger partial charge in [-0.2, -0.15) is 0 Å². The molecule has 1 aliphatic rings. The minimum atomic E-state index is -0.486.